The lowest BCUT2D eigenvalue weighted by Crippen LogP contribution is -2.46. The molecule has 0 radical (unpaired) electrons. The minimum absolute atomic E-state index is 0.00987. The van der Waals surface area contributed by atoms with E-state index in [2.05, 4.69) is 22.5 Å². The number of nitrogens with zero attached hydrogens (tertiary/aromatic N) is 1. The van der Waals surface area contributed by atoms with Crippen molar-refractivity contribution >= 4 is 33.6 Å². The summed E-state index contributed by atoms with van der Waals surface area (Å²) in [5.74, 6) is -0.227. The van der Waals surface area contributed by atoms with Gasteiger partial charge in [-0.1, -0.05) is 42.3 Å². The molecule has 1 fully saturated rings. The molecule has 1 aliphatic carbocycles. The molecule has 1 amide bonds. The zero-order valence-corrected chi connectivity index (χ0v) is 18.3. The maximum atomic E-state index is 12.4. The average Bonchev–Trinajstić information content (AvgIpc) is 3.14. The third-order valence-electron chi connectivity index (χ3n) is 5.16. The zero-order valence-electron chi connectivity index (χ0n) is 16.8. The third-order valence-corrected chi connectivity index (χ3v) is 5.42. The number of ketones is 1. The summed E-state index contributed by atoms with van der Waals surface area (Å²) in [5.41, 5.74) is -0.814. The quantitative estimate of drug-likeness (QED) is 0.268. The lowest BCUT2D eigenvalue weighted by Gasteiger charge is -2.39. The number of halogens is 1. The smallest absolute Gasteiger partial charge is 0.306 e. The van der Waals surface area contributed by atoms with Gasteiger partial charge in [0.1, 0.15) is 11.4 Å². The Labute approximate surface area is 171 Å². The molecule has 0 bridgehead atoms. The summed E-state index contributed by atoms with van der Waals surface area (Å²) < 4.78 is 6.54. The molecule has 0 aliphatic heterocycles. The van der Waals surface area contributed by atoms with Crippen LogP contribution in [0.25, 0.3) is 0 Å². The van der Waals surface area contributed by atoms with Crippen molar-refractivity contribution in [2.24, 2.45) is 5.92 Å². The Morgan fingerprint density at radius 3 is 2.33 bits per heavy atom. The monoisotopic (exact) mass is 441 g/mol. The number of hydrogen-bond donors (Lipinski definition) is 0. The Hall–Kier alpha value is -1.43. The largest absolute Gasteiger partial charge is 0.458 e. The molecule has 0 aromatic rings. The molecule has 0 aromatic heterocycles. The predicted octanol–water partition coefficient (Wildman–Crippen LogP) is 4.55. The van der Waals surface area contributed by atoms with Gasteiger partial charge < -0.3 is 9.64 Å². The molecular weight excluding hydrogens is 410 g/mol. The van der Waals surface area contributed by atoms with Gasteiger partial charge in [-0.15, -0.1) is 0 Å². The van der Waals surface area contributed by atoms with Crippen molar-refractivity contribution in [3.8, 4) is 0 Å². The van der Waals surface area contributed by atoms with Crippen molar-refractivity contribution in [2.75, 3.05) is 13.1 Å². The fraction of sp³-hybridized carbons (Fsp3) is 0.667. The molecule has 1 unspecified atom stereocenters. The number of likely N-dealkylation sites (N-methyl/N-ethyl adjacent to an activating group) is 1. The third kappa shape index (κ3) is 7.60. The summed E-state index contributed by atoms with van der Waals surface area (Å²) in [6.07, 6.45) is 8.12. The van der Waals surface area contributed by atoms with E-state index in [4.69, 9.17) is 4.74 Å². The molecule has 1 saturated carbocycles. The minimum Gasteiger partial charge on any atom is -0.458 e. The lowest BCUT2D eigenvalue weighted by molar-refractivity contribution is -0.170. The van der Waals surface area contributed by atoms with E-state index in [1.807, 2.05) is 6.92 Å². The van der Waals surface area contributed by atoms with Crippen molar-refractivity contribution in [1.82, 2.24) is 4.90 Å². The summed E-state index contributed by atoms with van der Waals surface area (Å²) in [6, 6.07) is 0. The van der Waals surface area contributed by atoms with Crippen molar-refractivity contribution in [3.63, 3.8) is 0 Å². The first-order valence-corrected chi connectivity index (χ1v) is 10.6. The van der Waals surface area contributed by atoms with Crippen LogP contribution in [0.1, 0.15) is 65.7 Å². The predicted molar refractivity (Wildman–Crippen MR) is 110 cm³/mol. The second-order valence-corrected chi connectivity index (χ2v) is 8.22. The van der Waals surface area contributed by atoms with Gasteiger partial charge >= 0.3 is 5.97 Å². The number of amides is 1. The summed E-state index contributed by atoms with van der Waals surface area (Å²) >= 11 is 3.20. The molecule has 1 aliphatic rings. The molecule has 27 heavy (non-hydrogen) atoms. The van der Waals surface area contributed by atoms with Gasteiger partial charge in [-0.05, 0) is 38.7 Å². The maximum absolute atomic E-state index is 12.4. The van der Waals surface area contributed by atoms with Gasteiger partial charge in [0.2, 0.25) is 5.91 Å². The molecule has 5 nitrogen and oxygen atoms in total. The Morgan fingerprint density at radius 1 is 1.22 bits per heavy atom. The van der Waals surface area contributed by atoms with Crippen molar-refractivity contribution < 1.29 is 19.1 Å². The molecule has 1 atom stereocenters. The molecular formula is C21H32BrNO4. The Kier molecular flexibility index (Phi) is 9.99. The first-order valence-electron chi connectivity index (χ1n) is 9.76. The molecule has 0 saturated heterocycles. The summed E-state index contributed by atoms with van der Waals surface area (Å²) in [7, 11) is 0. The van der Waals surface area contributed by atoms with Gasteiger partial charge in [0, 0.05) is 42.9 Å². The van der Waals surface area contributed by atoms with Crippen LogP contribution in [0.3, 0.4) is 0 Å². The first-order chi connectivity index (χ1) is 12.7. The van der Waals surface area contributed by atoms with E-state index >= 15 is 0 Å². The van der Waals surface area contributed by atoms with E-state index in [1.165, 1.54) is 13.0 Å². The SMILES string of the molecule is C=C(Br)/C=C\C(=O)N(CC)CCC(CC(C)=O)(OC(=O)CC)C1CCCC1. The number of carbonyl (C=O) groups excluding carboxylic acids is 3. The first kappa shape index (κ1) is 23.6. The van der Waals surface area contributed by atoms with Crippen LogP contribution in [-0.4, -0.2) is 41.3 Å². The van der Waals surface area contributed by atoms with Gasteiger partial charge in [0.05, 0.1) is 0 Å². The Morgan fingerprint density at radius 2 is 1.85 bits per heavy atom. The standard InChI is InChI=1S/C21H32BrNO4/c1-5-20(26)27-21(15-17(4)24,18-9-7-8-10-18)13-14-23(6-2)19(25)12-11-16(3)22/h11-12,18H,3,5-10,13-15H2,1-2,4H3/b12-11-. The Bertz CT molecular complexity index is 581. The van der Waals surface area contributed by atoms with E-state index < -0.39 is 5.60 Å². The number of Topliss-reactive ketones (excluding diaryl/α,β-unsaturated/α-hetero) is 1. The van der Waals surface area contributed by atoms with E-state index in [0.29, 0.717) is 24.0 Å². The normalized spacial score (nSPS) is 16.9. The highest BCUT2D eigenvalue weighted by Gasteiger charge is 2.44. The van der Waals surface area contributed by atoms with E-state index in [0.717, 1.165) is 25.7 Å². The highest BCUT2D eigenvalue weighted by molar-refractivity contribution is 9.11. The molecule has 0 N–H and O–H groups in total. The highest BCUT2D eigenvalue weighted by Crippen LogP contribution is 2.41. The number of esters is 1. The van der Waals surface area contributed by atoms with Crippen LogP contribution in [0.5, 0.6) is 0 Å². The van der Waals surface area contributed by atoms with Gasteiger partial charge in [-0.25, -0.2) is 0 Å². The number of carbonyl (C=O) groups is 3. The lowest BCUT2D eigenvalue weighted by atomic mass is 9.79. The number of allylic oxidation sites excluding steroid dienone is 2. The molecule has 0 aromatic carbocycles. The summed E-state index contributed by atoms with van der Waals surface area (Å²) in [6.45, 7) is 9.88. The van der Waals surface area contributed by atoms with Gasteiger partial charge in [-0.2, -0.15) is 0 Å². The fourth-order valence-corrected chi connectivity index (χ4v) is 3.93. The highest BCUT2D eigenvalue weighted by atomic mass is 79.9. The molecule has 152 valence electrons. The average molecular weight is 442 g/mol. The van der Waals surface area contributed by atoms with Crippen molar-refractivity contribution in [1.29, 1.82) is 0 Å². The molecule has 6 heteroatoms. The fourth-order valence-electron chi connectivity index (χ4n) is 3.79. The molecule has 1 rings (SSSR count). The van der Waals surface area contributed by atoms with Crippen LogP contribution in [0.15, 0.2) is 23.2 Å². The van der Waals surface area contributed by atoms with Crippen LogP contribution < -0.4 is 0 Å². The molecule has 0 heterocycles. The summed E-state index contributed by atoms with van der Waals surface area (Å²) in [5, 5.41) is 0. The summed E-state index contributed by atoms with van der Waals surface area (Å²) in [4.78, 5) is 38.3. The number of hydrogen-bond acceptors (Lipinski definition) is 4. The zero-order chi connectivity index (χ0) is 20.4. The van der Waals surface area contributed by atoms with E-state index in [1.54, 1.807) is 17.9 Å². The van der Waals surface area contributed by atoms with Crippen LogP contribution in [0, 0.1) is 5.92 Å². The van der Waals surface area contributed by atoms with E-state index in [9.17, 15) is 14.4 Å². The maximum Gasteiger partial charge on any atom is 0.306 e. The minimum atomic E-state index is -0.814. The van der Waals surface area contributed by atoms with Crippen LogP contribution in [-0.2, 0) is 19.1 Å². The van der Waals surface area contributed by atoms with Crippen LogP contribution >= 0.6 is 15.9 Å². The second kappa shape index (κ2) is 11.4. The number of ether oxygens (including phenoxy) is 1. The van der Waals surface area contributed by atoms with Crippen molar-refractivity contribution in [2.45, 2.75) is 71.3 Å². The Balaban J connectivity index is 3.02. The number of rotatable bonds is 11. The van der Waals surface area contributed by atoms with Crippen LogP contribution in [0.4, 0.5) is 0 Å². The van der Waals surface area contributed by atoms with Gasteiger partial charge in [0.25, 0.3) is 0 Å². The van der Waals surface area contributed by atoms with Gasteiger partial charge in [-0.3, -0.25) is 14.4 Å². The topological polar surface area (TPSA) is 63.7 Å². The van der Waals surface area contributed by atoms with Crippen LogP contribution in [0.2, 0.25) is 0 Å². The second-order valence-electron chi connectivity index (χ2n) is 7.20. The van der Waals surface area contributed by atoms with Crippen molar-refractivity contribution in [3.05, 3.63) is 23.2 Å². The van der Waals surface area contributed by atoms with E-state index in [-0.39, 0.29) is 36.4 Å². The van der Waals surface area contributed by atoms with Gasteiger partial charge in [0.15, 0.2) is 0 Å². The molecule has 0 spiro atoms.